The Morgan fingerprint density at radius 1 is 1.30 bits per heavy atom. The van der Waals surface area contributed by atoms with Crippen molar-refractivity contribution in [1.82, 2.24) is 15.0 Å². The largest absolute Gasteiger partial charge is 0.368 e. The molecular formula is C6H12N4. The Morgan fingerprint density at radius 3 is 2.20 bits per heavy atom. The van der Waals surface area contributed by atoms with Crippen molar-refractivity contribution in [2.75, 3.05) is 5.73 Å². The molecule has 2 N–H and O–H groups in total. The van der Waals surface area contributed by atoms with Crippen LogP contribution in [-0.2, 0) is 0 Å². The predicted octanol–water partition coefficient (Wildman–Crippen LogP) is 0.788. The second kappa shape index (κ2) is 4.67. The summed E-state index contributed by atoms with van der Waals surface area (Å²) in [7, 11) is 0. The number of hydrogen-bond donors (Lipinski definition) is 1. The topological polar surface area (TPSA) is 64.7 Å². The number of aryl methyl sites for hydroxylation is 1. The highest BCUT2D eigenvalue weighted by molar-refractivity contribution is 5.11. The van der Waals surface area contributed by atoms with Crippen LogP contribution in [0.3, 0.4) is 0 Å². The zero-order valence-corrected chi connectivity index (χ0v) is 6.50. The minimum Gasteiger partial charge on any atom is -0.368 e. The van der Waals surface area contributed by atoms with Gasteiger partial charge in [-0.2, -0.15) is 4.98 Å². The van der Waals surface area contributed by atoms with E-state index in [1.54, 1.807) is 6.92 Å². The Hall–Kier alpha value is -1.19. The van der Waals surface area contributed by atoms with Crippen LogP contribution in [0.1, 0.15) is 19.7 Å². The number of nitrogens with zero attached hydrogens (tertiary/aromatic N) is 3. The molecule has 0 unspecified atom stereocenters. The van der Waals surface area contributed by atoms with Gasteiger partial charge in [0.25, 0.3) is 0 Å². The average Bonchev–Trinajstić information content (AvgIpc) is 1.91. The molecule has 0 fully saturated rings. The molecule has 0 bridgehead atoms. The van der Waals surface area contributed by atoms with Crippen molar-refractivity contribution in [2.24, 2.45) is 0 Å². The highest BCUT2D eigenvalue weighted by Gasteiger charge is 1.85. The molecule has 4 heteroatoms. The van der Waals surface area contributed by atoms with E-state index >= 15 is 0 Å². The molecule has 56 valence electrons. The second-order valence-electron chi connectivity index (χ2n) is 1.39. The van der Waals surface area contributed by atoms with Crippen molar-refractivity contribution in [3.63, 3.8) is 0 Å². The van der Waals surface area contributed by atoms with E-state index in [1.165, 1.54) is 6.33 Å². The first-order valence-corrected chi connectivity index (χ1v) is 3.20. The van der Waals surface area contributed by atoms with Gasteiger partial charge < -0.3 is 5.73 Å². The van der Waals surface area contributed by atoms with Gasteiger partial charge in [0.1, 0.15) is 12.2 Å². The predicted molar refractivity (Wildman–Crippen MR) is 40.3 cm³/mol. The number of nitrogen functional groups attached to an aromatic ring is 1. The maximum Gasteiger partial charge on any atom is 0.223 e. The molecule has 0 saturated heterocycles. The molecule has 0 saturated carbocycles. The summed E-state index contributed by atoms with van der Waals surface area (Å²) in [6, 6.07) is 0. The van der Waals surface area contributed by atoms with Gasteiger partial charge in [-0.15, -0.1) is 0 Å². The maximum atomic E-state index is 5.20. The van der Waals surface area contributed by atoms with Gasteiger partial charge in [-0.3, -0.25) is 0 Å². The van der Waals surface area contributed by atoms with Gasteiger partial charge in [0.15, 0.2) is 0 Å². The Bertz CT molecular complexity index is 170. The number of hydrogen-bond acceptors (Lipinski definition) is 4. The molecule has 1 heterocycles. The molecule has 0 aliphatic heterocycles. The summed E-state index contributed by atoms with van der Waals surface area (Å²) in [6.45, 7) is 5.76. The number of aromatic nitrogens is 3. The molecule has 1 rings (SSSR count). The van der Waals surface area contributed by atoms with E-state index < -0.39 is 0 Å². The van der Waals surface area contributed by atoms with Crippen LogP contribution in [0, 0.1) is 6.92 Å². The first kappa shape index (κ1) is 8.81. The summed E-state index contributed by atoms with van der Waals surface area (Å²) < 4.78 is 0. The molecule has 4 nitrogen and oxygen atoms in total. The fourth-order valence-electron chi connectivity index (χ4n) is 0.395. The Balaban J connectivity index is 0.000000371. The molecule has 0 aliphatic carbocycles. The molecule has 0 aromatic carbocycles. The zero-order chi connectivity index (χ0) is 7.98. The summed E-state index contributed by atoms with van der Waals surface area (Å²) >= 11 is 0. The molecule has 0 radical (unpaired) electrons. The number of nitrogens with two attached hydrogens (primary N) is 1. The second-order valence-corrected chi connectivity index (χ2v) is 1.39. The van der Waals surface area contributed by atoms with Crippen LogP contribution in [0.25, 0.3) is 0 Å². The van der Waals surface area contributed by atoms with Crippen molar-refractivity contribution in [3.05, 3.63) is 12.2 Å². The third-order valence-corrected chi connectivity index (χ3v) is 0.711. The maximum absolute atomic E-state index is 5.20. The van der Waals surface area contributed by atoms with Crippen LogP contribution in [-0.4, -0.2) is 15.0 Å². The first-order chi connectivity index (χ1) is 4.79. The Labute approximate surface area is 60.5 Å². The molecule has 0 amide bonds. The van der Waals surface area contributed by atoms with Crippen LogP contribution >= 0.6 is 0 Å². The molecule has 0 spiro atoms. The van der Waals surface area contributed by atoms with Crippen molar-refractivity contribution in [1.29, 1.82) is 0 Å². The monoisotopic (exact) mass is 140 g/mol. The minimum atomic E-state index is 0.275. The van der Waals surface area contributed by atoms with E-state index in [2.05, 4.69) is 15.0 Å². The van der Waals surface area contributed by atoms with Gasteiger partial charge in [0.2, 0.25) is 5.95 Å². The summed E-state index contributed by atoms with van der Waals surface area (Å²) in [5, 5.41) is 0. The number of anilines is 1. The quantitative estimate of drug-likeness (QED) is 0.578. The first-order valence-electron chi connectivity index (χ1n) is 3.20. The van der Waals surface area contributed by atoms with E-state index in [9.17, 15) is 0 Å². The summed E-state index contributed by atoms with van der Waals surface area (Å²) in [5.74, 6) is 0.926. The van der Waals surface area contributed by atoms with Gasteiger partial charge in [-0.05, 0) is 6.92 Å². The van der Waals surface area contributed by atoms with E-state index in [0.717, 1.165) is 0 Å². The van der Waals surface area contributed by atoms with Gasteiger partial charge in [-0.25, -0.2) is 9.97 Å². The van der Waals surface area contributed by atoms with Crippen LogP contribution in [0.2, 0.25) is 0 Å². The lowest BCUT2D eigenvalue weighted by Crippen LogP contribution is -1.96. The summed E-state index contributed by atoms with van der Waals surface area (Å²) in [4.78, 5) is 11.1. The lowest BCUT2D eigenvalue weighted by atomic mass is 10.7. The van der Waals surface area contributed by atoms with Crippen LogP contribution in [0.15, 0.2) is 6.33 Å². The normalized spacial score (nSPS) is 7.90. The standard InChI is InChI=1S/C4H6N4.C2H6/c1-3-6-2-7-4(5)8-3;1-2/h2H,1H3,(H2,5,6,7,8);1-2H3. The van der Waals surface area contributed by atoms with Gasteiger partial charge in [0.05, 0.1) is 0 Å². The molecule has 10 heavy (non-hydrogen) atoms. The third kappa shape index (κ3) is 2.96. The van der Waals surface area contributed by atoms with Gasteiger partial charge in [-0.1, -0.05) is 13.8 Å². The van der Waals surface area contributed by atoms with Crippen LogP contribution in [0.4, 0.5) is 5.95 Å². The number of rotatable bonds is 0. The Kier molecular flexibility index (Phi) is 4.11. The fourth-order valence-corrected chi connectivity index (χ4v) is 0.395. The smallest absolute Gasteiger partial charge is 0.223 e. The summed E-state index contributed by atoms with van der Waals surface area (Å²) in [5.41, 5.74) is 5.20. The third-order valence-electron chi connectivity index (χ3n) is 0.711. The molecule has 1 aromatic heterocycles. The van der Waals surface area contributed by atoms with Crippen LogP contribution < -0.4 is 5.73 Å². The highest BCUT2D eigenvalue weighted by Crippen LogP contribution is 1.86. The highest BCUT2D eigenvalue weighted by atomic mass is 15.1. The molecule has 0 aliphatic rings. The van der Waals surface area contributed by atoms with Crippen molar-refractivity contribution >= 4 is 5.95 Å². The minimum absolute atomic E-state index is 0.275. The summed E-state index contributed by atoms with van der Waals surface area (Å²) in [6.07, 6.45) is 1.39. The zero-order valence-electron chi connectivity index (χ0n) is 6.50. The molecule has 0 atom stereocenters. The lowest BCUT2D eigenvalue weighted by molar-refractivity contribution is 0.988. The van der Waals surface area contributed by atoms with Crippen molar-refractivity contribution in [2.45, 2.75) is 20.8 Å². The SMILES string of the molecule is CC.Cc1ncnc(N)n1. The fraction of sp³-hybridized carbons (Fsp3) is 0.500. The van der Waals surface area contributed by atoms with Crippen LogP contribution in [0.5, 0.6) is 0 Å². The van der Waals surface area contributed by atoms with Crippen molar-refractivity contribution in [3.8, 4) is 0 Å². The van der Waals surface area contributed by atoms with Gasteiger partial charge in [0, 0.05) is 0 Å². The van der Waals surface area contributed by atoms with Crippen molar-refractivity contribution < 1.29 is 0 Å². The van der Waals surface area contributed by atoms with E-state index in [4.69, 9.17) is 5.73 Å². The average molecular weight is 140 g/mol. The lowest BCUT2D eigenvalue weighted by Gasteiger charge is -1.88. The van der Waals surface area contributed by atoms with Gasteiger partial charge >= 0.3 is 0 Å². The van der Waals surface area contributed by atoms with E-state index in [-0.39, 0.29) is 5.95 Å². The van der Waals surface area contributed by atoms with E-state index in [0.29, 0.717) is 5.82 Å². The molecule has 1 aromatic rings. The van der Waals surface area contributed by atoms with E-state index in [1.807, 2.05) is 13.8 Å². The molecular weight excluding hydrogens is 128 g/mol. The Morgan fingerprint density at radius 2 is 1.90 bits per heavy atom.